The fourth-order valence-corrected chi connectivity index (χ4v) is 2.64. The van der Waals surface area contributed by atoms with Crippen molar-refractivity contribution in [3.05, 3.63) is 45.9 Å². The molecule has 74 valence electrons. The molecular formula is C12H7BrClN. The van der Waals surface area contributed by atoms with Gasteiger partial charge in [-0.15, -0.1) is 0 Å². The lowest BCUT2D eigenvalue weighted by Crippen LogP contribution is -1.68. The van der Waals surface area contributed by atoms with Crippen LogP contribution in [-0.4, -0.2) is 4.98 Å². The molecular weight excluding hydrogens is 273 g/mol. The van der Waals surface area contributed by atoms with Gasteiger partial charge in [0.2, 0.25) is 0 Å². The number of nitrogens with one attached hydrogen (secondary N) is 1. The summed E-state index contributed by atoms with van der Waals surface area (Å²) in [6, 6.07) is 12.0. The summed E-state index contributed by atoms with van der Waals surface area (Å²) < 4.78 is 1.11. The average molecular weight is 281 g/mol. The number of H-pyrrole nitrogens is 1. The molecule has 1 nitrogen and oxygen atoms in total. The van der Waals surface area contributed by atoms with Crippen LogP contribution in [0.3, 0.4) is 0 Å². The molecule has 0 amide bonds. The van der Waals surface area contributed by atoms with Crippen molar-refractivity contribution in [3.63, 3.8) is 0 Å². The van der Waals surface area contributed by atoms with Crippen molar-refractivity contribution in [3.8, 4) is 0 Å². The Hall–Kier alpha value is -0.990. The molecule has 0 fully saturated rings. The van der Waals surface area contributed by atoms with Gasteiger partial charge in [-0.2, -0.15) is 0 Å². The van der Waals surface area contributed by atoms with E-state index in [0.29, 0.717) is 0 Å². The van der Waals surface area contributed by atoms with Crippen molar-refractivity contribution < 1.29 is 0 Å². The second-order valence-corrected chi connectivity index (χ2v) is 4.77. The fourth-order valence-electron chi connectivity index (χ4n) is 1.89. The summed E-state index contributed by atoms with van der Waals surface area (Å²) >= 11 is 9.52. The first kappa shape index (κ1) is 9.25. The van der Waals surface area contributed by atoms with Crippen LogP contribution in [0.1, 0.15) is 0 Å². The minimum absolute atomic E-state index is 0.755. The fraction of sp³-hybridized carbons (Fsp3) is 0. The summed E-state index contributed by atoms with van der Waals surface area (Å²) in [6.45, 7) is 0. The van der Waals surface area contributed by atoms with Crippen molar-refractivity contribution in [1.29, 1.82) is 0 Å². The quantitative estimate of drug-likeness (QED) is 0.612. The maximum absolute atomic E-state index is 5.95. The summed E-state index contributed by atoms with van der Waals surface area (Å²) in [5.41, 5.74) is 2.20. The molecule has 15 heavy (non-hydrogen) atoms. The van der Waals surface area contributed by atoms with E-state index in [-0.39, 0.29) is 0 Å². The highest BCUT2D eigenvalue weighted by Crippen LogP contribution is 2.32. The zero-order valence-corrected chi connectivity index (χ0v) is 10.1. The summed E-state index contributed by atoms with van der Waals surface area (Å²) in [6.07, 6.45) is 0. The van der Waals surface area contributed by atoms with E-state index in [1.807, 2.05) is 30.3 Å². The van der Waals surface area contributed by atoms with E-state index in [1.54, 1.807) is 0 Å². The Morgan fingerprint density at radius 1 is 1.07 bits per heavy atom. The van der Waals surface area contributed by atoms with Gasteiger partial charge in [0.05, 0.1) is 0 Å². The smallest absolute Gasteiger partial charge is 0.0480 e. The van der Waals surface area contributed by atoms with Gasteiger partial charge in [-0.1, -0.05) is 39.7 Å². The largest absolute Gasteiger partial charge is 0.354 e. The molecule has 1 aromatic heterocycles. The van der Waals surface area contributed by atoms with E-state index >= 15 is 0 Å². The van der Waals surface area contributed by atoms with Gasteiger partial charge < -0.3 is 4.98 Å². The highest BCUT2D eigenvalue weighted by atomic mass is 79.9. The molecule has 3 heteroatoms. The molecule has 0 bridgehead atoms. The van der Waals surface area contributed by atoms with Gasteiger partial charge >= 0.3 is 0 Å². The third kappa shape index (κ3) is 1.36. The lowest BCUT2D eigenvalue weighted by molar-refractivity contribution is 1.54. The van der Waals surface area contributed by atoms with Crippen LogP contribution in [0.4, 0.5) is 0 Å². The third-order valence-electron chi connectivity index (χ3n) is 2.53. The Balaban J connectivity index is 2.59. The first-order valence-electron chi connectivity index (χ1n) is 4.61. The second-order valence-electron chi connectivity index (χ2n) is 3.48. The van der Waals surface area contributed by atoms with Crippen molar-refractivity contribution >= 4 is 49.3 Å². The van der Waals surface area contributed by atoms with Crippen molar-refractivity contribution in [2.75, 3.05) is 0 Å². The molecule has 0 aliphatic rings. The van der Waals surface area contributed by atoms with Gasteiger partial charge in [0.25, 0.3) is 0 Å². The van der Waals surface area contributed by atoms with Crippen LogP contribution >= 0.6 is 27.5 Å². The van der Waals surface area contributed by atoms with Gasteiger partial charge in [-0.05, 0) is 24.3 Å². The van der Waals surface area contributed by atoms with E-state index in [2.05, 4.69) is 27.0 Å². The molecule has 0 atom stereocenters. The molecule has 0 spiro atoms. The van der Waals surface area contributed by atoms with Crippen molar-refractivity contribution in [2.24, 2.45) is 0 Å². The number of hydrogen-bond donors (Lipinski definition) is 1. The predicted molar refractivity (Wildman–Crippen MR) is 68.5 cm³/mol. The SMILES string of the molecule is Clc1ccc2c(c1)[nH]c1cccc(Br)c12. The zero-order chi connectivity index (χ0) is 10.4. The lowest BCUT2D eigenvalue weighted by Gasteiger charge is -1.94. The number of halogens is 2. The molecule has 2 aromatic carbocycles. The molecule has 0 aliphatic carbocycles. The minimum Gasteiger partial charge on any atom is -0.354 e. The summed E-state index contributed by atoms with van der Waals surface area (Å²) in [5.74, 6) is 0. The molecule has 3 rings (SSSR count). The Morgan fingerprint density at radius 2 is 1.93 bits per heavy atom. The molecule has 0 radical (unpaired) electrons. The maximum atomic E-state index is 5.95. The first-order valence-corrected chi connectivity index (χ1v) is 5.78. The number of benzene rings is 2. The number of hydrogen-bond acceptors (Lipinski definition) is 0. The Morgan fingerprint density at radius 3 is 2.80 bits per heavy atom. The minimum atomic E-state index is 0.755. The molecule has 0 saturated heterocycles. The number of aromatic nitrogens is 1. The first-order chi connectivity index (χ1) is 7.25. The monoisotopic (exact) mass is 279 g/mol. The van der Waals surface area contributed by atoms with Gasteiger partial charge in [-0.25, -0.2) is 0 Å². The van der Waals surface area contributed by atoms with E-state index in [9.17, 15) is 0 Å². The van der Waals surface area contributed by atoms with Crippen molar-refractivity contribution in [2.45, 2.75) is 0 Å². The van der Waals surface area contributed by atoms with Gasteiger partial charge in [0.15, 0.2) is 0 Å². The van der Waals surface area contributed by atoms with Crippen LogP contribution in [0.2, 0.25) is 5.02 Å². The average Bonchev–Trinajstić information content (AvgIpc) is 2.56. The molecule has 0 aliphatic heterocycles. The Labute approximate surface area is 100 Å². The molecule has 0 saturated carbocycles. The van der Waals surface area contributed by atoms with E-state index < -0.39 is 0 Å². The van der Waals surface area contributed by atoms with Gasteiger partial charge in [0, 0.05) is 31.3 Å². The molecule has 1 heterocycles. The van der Waals surface area contributed by atoms with Crippen molar-refractivity contribution in [1.82, 2.24) is 4.98 Å². The van der Waals surface area contributed by atoms with Crippen LogP contribution in [0.15, 0.2) is 40.9 Å². The highest BCUT2D eigenvalue weighted by Gasteiger charge is 2.06. The highest BCUT2D eigenvalue weighted by molar-refractivity contribution is 9.10. The number of aromatic amines is 1. The van der Waals surface area contributed by atoms with E-state index in [4.69, 9.17) is 11.6 Å². The van der Waals surface area contributed by atoms with Gasteiger partial charge in [-0.3, -0.25) is 0 Å². The zero-order valence-electron chi connectivity index (χ0n) is 7.72. The third-order valence-corrected chi connectivity index (χ3v) is 3.43. The predicted octanol–water partition coefficient (Wildman–Crippen LogP) is 4.74. The van der Waals surface area contributed by atoms with Crippen LogP contribution < -0.4 is 0 Å². The lowest BCUT2D eigenvalue weighted by atomic mass is 10.1. The molecule has 1 N–H and O–H groups in total. The molecule has 0 unspecified atom stereocenters. The Bertz CT molecular complexity index is 657. The van der Waals surface area contributed by atoms with Crippen LogP contribution in [0.5, 0.6) is 0 Å². The number of fused-ring (bicyclic) bond motifs is 3. The topological polar surface area (TPSA) is 15.8 Å². The van der Waals surface area contributed by atoms with E-state index in [0.717, 1.165) is 20.5 Å². The standard InChI is InChI=1S/C12H7BrClN/c13-9-2-1-3-10-12(9)8-5-4-7(14)6-11(8)15-10/h1-6,15H. The van der Waals surface area contributed by atoms with Crippen LogP contribution in [0, 0.1) is 0 Å². The van der Waals surface area contributed by atoms with Gasteiger partial charge in [0.1, 0.15) is 0 Å². The summed E-state index contributed by atoms with van der Waals surface area (Å²) in [5, 5.41) is 3.16. The molecule has 3 aromatic rings. The summed E-state index contributed by atoms with van der Waals surface area (Å²) in [4.78, 5) is 3.35. The number of rotatable bonds is 0. The maximum Gasteiger partial charge on any atom is 0.0480 e. The normalized spacial score (nSPS) is 11.3. The summed E-state index contributed by atoms with van der Waals surface area (Å²) in [7, 11) is 0. The second kappa shape index (κ2) is 3.26. The Kier molecular flexibility index (Phi) is 2.01. The van der Waals surface area contributed by atoms with Crippen LogP contribution in [0.25, 0.3) is 21.8 Å². The van der Waals surface area contributed by atoms with Crippen LogP contribution in [-0.2, 0) is 0 Å². The van der Waals surface area contributed by atoms with E-state index in [1.165, 1.54) is 10.8 Å².